The molecule has 1 aromatic carbocycles. The van der Waals surface area contributed by atoms with Crippen molar-refractivity contribution in [2.45, 2.75) is 0 Å². The number of rotatable bonds is 2. The fourth-order valence-electron chi connectivity index (χ4n) is 1.21. The van der Waals surface area contributed by atoms with E-state index in [4.69, 9.17) is 10.5 Å². The molecule has 0 spiro atoms. The molecule has 0 aliphatic heterocycles. The van der Waals surface area contributed by atoms with Gasteiger partial charge in [-0.2, -0.15) is 0 Å². The number of ether oxygens (including phenoxy) is 1. The summed E-state index contributed by atoms with van der Waals surface area (Å²) in [6, 6.07) is 7.51. The van der Waals surface area contributed by atoms with Crippen molar-refractivity contribution in [3.05, 3.63) is 34.9 Å². The van der Waals surface area contributed by atoms with E-state index in [1.54, 1.807) is 17.9 Å². The average molecular weight is 268 g/mol. The molecule has 1 aromatic heterocycles. The minimum atomic E-state index is 0.426. The Bertz CT molecular complexity index is 481. The molecule has 0 atom stereocenters. The summed E-state index contributed by atoms with van der Waals surface area (Å²) in [7, 11) is 1.80. The Labute approximate surface area is 95.8 Å². The van der Waals surface area contributed by atoms with Crippen LogP contribution in [0.25, 0.3) is 0 Å². The van der Waals surface area contributed by atoms with Crippen molar-refractivity contribution in [3.63, 3.8) is 0 Å². The number of hydrogen-bond acceptors (Lipinski definition) is 3. The van der Waals surface area contributed by atoms with Crippen LogP contribution in [-0.2, 0) is 7.05 Å². The Kier molecular flexibility index (Phi) is 2.64. The Morgan fingerprint density at radius 2 is 2.27 bits per heavy atom. The molecule has 0 unspecified atom stereocenters. The number of benzene rings is 1. The zero-order valence-corrected chi connectivity index (χ0v) is 9.73. The minimum absolute atomic E-state index is 0.426. The molecule has 4 nitrogen and oxygen atoms in total. The smallest absolute Gasteiger partial charge is 0.261 e. The highest BCUT2D eigenvalue weighted by Gasteiger charge is 2.06. The molecule has 2 aromatic rings. The van der Waals surface area contributed by atoms with Crippen LogP contribution < -0.4 is 10.5 Å². The number of aryl methyl sites for hydroxylation is 1. The summed E-state index contributed by atoms with van der Waals surface area (Å²) in [5, 5.41) is 4.09. The minimum Gasteiger partial charge on any atom is -0.436 e. The van der Waals surface area contributed by atoms with Crippen LogP contribution in [0.4, 0.5) is 5.69 Å². The number of aromatic nitrogens is 2. The number of nitrogen functional groups attached to an aromatic ring is 1. The van der Waals surface area contributed by atoms with Gasteiger partial charge in [0.15, 0.2) is 0 Å². The number of anilines is 1. The van der Waals surface area contributed by atoms with Crippen LogP contribution in [0.3, 0.4) is 0 Å². The first-order valence-corrected chi connectivity index (χ1v) is 5.17. The summed E-state index contributed by atoms with van der Waals surface area (Å²) in [6.45, 7) is 0. The SMILES string of the molecule is Cn1cc(N)c(Oc2cccc(Br)c2)n1. The van der Waals surface area contributed by atoms with Gasteiger partial charge < -0.3 is 10.5 Å². The molecule has 15 heavy (non-hydrogen) atoms. The molecule has 5 heteroatoms. The first kappa shape index (κ1) is 10.0. The molecule has 0 aliphatic rings. The van der Waals surface area contributed by atoms with Gasteiger partial charge in [-0.15, -0.1) is 5.10 Å². The van der Waals surface area contributed by atoms with E-state index in [0.29, 0.717) is 17.3 Å². The molecule has 0 aliphatic carbocycles. The predicted octanol–water partition coefficient (Wildman–Crippen LogP) is 2.56. The molecule has 0 radical (unpaired) electrons. The third-order valence-corrected chi connectivity index (χ3v) is 2.33. The van der Waals surface area contributed by atoms with Gasteiger partial charge in [-0.25, -0.2) is 0 Å². The average Bonchev–Trinajstić information content (AvgIpc) is 2.45. The number of nitrogens with two attached hydrogens (primary N) is 1. The maximum absolute atomic E-state index is 5.71. The van der Waals surface area contributed by atoms with Crippen LogP contribution in [0.2, 0.25) is 0 Å². The molecule has 0 amide bonds. The summed E-state index contributed by atoms with van der Waals surface area (Å²) in [4.78, 5) is 0. The second-order valence-electron chi connectivity index (χ2n) is 3.12. The molecule has 2 rings (SSSR count). The fourth-order valence-corrected chi connectivity index (χ4v) is 1.59. The van der Waals surface area contributed by atoms with Gasteiger partial charge in [0.1, 0.15) is 11.4 Å². The Morgan fingerprint density at radius 1 is 1.47 bits per heavy atom. The van der Waals surface area contributed by atoms with E-state index in [0.717, 1.165) is 4.47 Å². The predicted molar refractivity (Wildman–Crippen MR) is 61.8 cm³/mol. The van der Waals surface area contributed by atoms with Gasteiger partial charge in [0.2, 0.25) is 0 Å². The molecule has 0 fully saturated rings. The van der Waals surface area contributed by atoms with E-state index < -0.39 is 0 Å². The van der Waals surface area contributed by atoms with E-state index in [9.17, 15) is 0 Å². The topological polar surface area (TPSA) is 53.1 Å². The van der Waals surface area contributed by atoms with E-state index in [1.165, 1.54) is 0 Å². The highest BCUT2D eigenvalue weighted by atomic mass is 79.9. The Morgan fingerprint density at radius 3 is 2.87 bits per heavy atom. The molecule has 0 bridgehead atoms. The lowest BCUT2D eigenvalue weighted by Crippen LogP contribution is -1.90. The number of nitrogens with zero attached hydrogens (tertiary/aromatic N) is 2. The third-order valence-electron chi connectivity index (χ3n) is 1.83. The molecule has 2 N–H and O–H groups in total. The van der Waals surface area contributed by atoms with Crippen LogP contribution in [0.1, 0.15) is 0 Å². The normalized spacial score (nSPS) is 10.3. The van der Waals surface area contributed by atoms with E-state index in [1.807, 2.05) is 24.3 Å². The van der Waals surface area contributed by atoms with Crippen molar-refractivity contribution in [2.75, 3.05) is 5.73 Å². The molecule has 0 saturated carbocycles. The molecule has 78 valence electrons. The van der Waals surface area contributed by atoms with Crippen LogP contribution >= 0.6 is 15.9 Å². The molecular weight excluding hydrogens is 258 g/mol. The molecule has 0 saturated heterocycles. The zero-order chi connectivity index (χ0) is 10.8. The lowest BCUT2D eigenvalue weighted by molar-refractivity contribution is 0.455. The Hall–Kier alpha value is -1.49. The first-order valence-electron chi connectivity index (χ1n) is 4.37. The van der Waals surface area contributed by atoms with Gasteiger partial charge in [-0.1, -0.05) is 22.0 Å². The van der Waals surface area contributed by atoms with Gasteiger partial charge >= 0.3 is 0 Å². The second kappa shape index (κ2) is 3.94. The fraction of sp³-hybridized carbons (Fsp3) is 0.100. The molecular formula is C10H10BrN3O. The summed E-state index contributed by atoms with van der Waals surface area (Å²) in [5.74, 6) is 1.13. The van der Waals surface area contributed by atoms with Crippen molar-refractivity contribution in [2.24, 2.45) is 7.05 Å². The monoisotopic (exact) mass is 267 g/mol. The number of halogens is 1. The van der Waals surface area contributed by atoms with Crippen LogP contribution in [0.15, 0.2) is 34.9 Å². The summed E-state index contributed by atoms with van der Waals surface area (Å²) < 4.78 is 8.09. The lowest BCUT2D eigenvalue weighted by Gasteiger charge is -2.02. The summed E-state index contributed by atoms with van der Waals surface area (Å²) in [6.07, 6.45) is 1.70. The highest BCUT2D eigenvalue weighted by molar-refractivity contribution is 9.10. The zero-order valence-electron chi connectivity index (χ0n) is 8.14. The van der Waals surface area contributed by atoms with Gasteiger partial charge in [0.05, 0.1) is 6.20 Å². The van der Waals surface area contributed by atoms with Gasteiger partial charge in [-0.05, 0) is 18.2 Å². The largest absolute Gasteiger partial charge is 0.436 e. The number of hydrogen-bond donors (Lipinski definition) is 1. The van der Waals surface area contributed by atoms with E-state index in [2.05, 4.69) is 21.0 Å². The maximum Gasteiger partial charge on any atom is 0.261 e. The molecule has 1 heterocycles. The van der Waals surface area contributed by atoms with Crippen LogP contribution in [0, 0.1) is 0 Å². The van der Waals surface area contributed by atoms with Gasteiger partial charge in [-0.3, -0.25) is 4.68 Å². The maximum atomic E-state index is 5.71. The first-order chi connectivity index (χ1) is 7.15. The van der Waals surface area contributed by atoms with Crippen LogP contribution in [0.5, 0.6) is 11.6 Å². The van der Waals surface area contributed by atoms with Gasteiger partial charge in [0, 0.05) is 11.5 Å². The van der Waals surface area contributed by atoms with E-state index >= 15 is 0 Å². The second-order valence-corrected chi connectivity index (χ2v) is 4.04. The van der Waals surface area contributed by atoms with E-state index in [-0.39, 0.29) is 0 Å². The van der Waals surface area contributed by atoms with Crippen molar-refractivity contribution in [1.29, 1.82) is 0 Å². The summed E-state index contributed by atoms with van der Waals surface area (Å²) >= 11 is 3.36. The third kappa shape index (κ3) is 2.30. The summed E-state index contributed by atoms with van der Waals surface area (Å²) in [5.41, 5.74) is 6.23. The van der Waals surface area contributed by atoms with Crippen molar-refractivity contribution in [3.8, 4) is 11.6 Å². The van der Waals surface area contributed by atoms with Gasteiger partial charge in [0.25, 0.3) is 5.88 Å². The quantitative estimate of drug-likeness (QED) is 0.910. The van der Waals surface area contributed by atoms with Crippen molar-refractivity contribution >= 4 is 21.6 Å². The van der Waals surface area contributed by atoms with Crippen molar-refractivity contribution < 1.29 is 4.74 Å². The highest BCUT2D eigenvalue weighted by Crippen LogP contribution is 2.26. The van der Waals surface area contributed by atoms with Crippen molar-refractivity contribution in [1.82, 2.24) is 9.78 Å². The Balaban J connectivity index is 2.25. The standard InChI is InChI=1S/C10H10BrN3O/c1-14-6-9(12)10(13-14)15-8-4-2-3-7(11)5-8/h2-6H,12H2,1H3. The van der Waals surface area contributed by atoms with Crippen LogP contribution in [-0.4, -0.2) is 9.78 Å². The lowest BCUT2D eigenvalue weighted by atomic mass is 10.3.